The van der Waals surface area contributed by atoms with Gasteiger partial charge in [-0.2, -0.15) is 0 Å². The summed E-state index contributed by atoms with van der Waals surface area (Å²) in [7, 11) is 0. The minimum absolute atomic E-state index is 0.0577. The van der Waals surface area contributed by atoms with Gasteiger partial charge in [-0.3, -0.25) is 19.3 Å². The van der Waals surface area contributed by atoms with Gasteiger partial charge in [0.05, 0.1) is 6.42 Å². The summed E-state index contributed by atoms with van der Waals surface area (Å²) >= 11 is 6.04. The number of para-hydroxylation sites is 2. The van der Waals surface area contributed by atoms with Gasteiger partial charge in [-0.1, -0.05) is 54.1 Å². The Hall–Kier alpha value is -3.64. The number of esters is 1. The van der Waals surface area contributed by atoms with Crippen LogP contribution in [0.2, 0.25) is 5.02 Å². The number of hydrogen-bond donors (Lipinski definition) is 1. The molecule has 0 saturated heterocycles. The van der Waals surface area contributed by atoms with Gasteiger partial charge < -0.3 is 10.1 Å². The van der Waals surface area contributed by atoms with Gasteiger partial charge in [-0.05, 0) is 48.9 Å². The largest absolute Gasteiger partial charge is 0.456 e. The van der Waals surface area contributed by atoms with Crippen molar-refractivity contribution in [1.82, 2.24) is 0 Å². The van der Waals surface area contributed by atoms with Crippen molar-refractivity contribution >= 4 is 46.4 Å². The van der Waals surface area contributed by atoms with Gasteiger partial charge in [0.15, 0.2) is 6.61 Å². The van der Waals surface area contributed by atoms with Gasteiger partial charge in [0.25, 0.3) is 5.91 Å². The maximum atomic E-state index is 12.9. The molecule has 0 heterocycles. The van der Waals surface area contributed by atoms with E-state index >= 15 is 0 Å². The van der Waals surface area contributed by atoms with Crippen LogP contribution < -0.4 is 10.2 Å². The molecule has 3 aromatic rings. The number of aryl methyl sites for hydroxylation is 1. The summed E-state index contributed by atoms with van der Waals surface area (Å²) in [5.74, 6) is -1.37. The minimum Gasteiger partial charge on any atom is -0.456 e. The highest BCUT2D eigenvalue weighted by Crippen LogP contribution is 2.26. The van der Waals surface area contributed by atoms with Gasteiger partial charge in [0.1, 0.15) is 0 Å². The van der Waals surface area contributed by atoms with Crippen LogP contribution in [-0.4, -0.2) is 24.4 Å². The summed E-state index contributed by atoms with van der Waals surface area (Å²) in [4.78, 5) is 38.6. The Labute approximate surface area is 191 Å². The molecule has 0 bridgehead atoms. The van der Waals surface area contributed by atoms with Crippen LogP contribution in [-0.2, 0) is 19.1 Å². The summed E-state index contributed by atoms with van der Waals surface area (Å²) in [5, 5.41) is 3.14. The SMILES string of the molecule is Cc1ccc(NC(=O)COC(=O)CCC(=O)N(c2ccccc2)c2ccccc2)cc1Cl. The number of carbonyl (C=O) groups excluding carboxylic acids is 3. The molecule has 0 fully saturated rings. The van der Waals surface area contributed by atoms with Crippen LogP contribution in [0.1, 0.15) is 18.4 Å². The first-order chi connectivity index (χ1) is 15.4. The number of anilines is 3. The van der Waals surface area contributed by atoms with E-state index < -0.39 is 18.5 Å². The molecule has 32 heavy (non-hydrogen) atoms. The van der Waals surface area contributed by atoms with Gasteiger partial charge in [0.2, 0.25) is 5.91 Å². The fourth-order valence-electron chi connectivity index (χ4n) is 3.00. The molecular weight excluding hydrogens is 428 g/mol. The van der Waals surface area contributed by atoms with Crippen LogP contribution in [0.15, 0.2) is 78.9 Å². The smallest absolute Gasteiger partial charge is 0.306 e. The Bertz CT molecular complexity index is 1050. The van der Waals surface area contributed by atoms with Crippen molar-refractivity contribution < 1.29 is 19.1 Å². The van der Waals surface area contributed by atoms with E-state index in [0.717, 1.165) is 5.56 Å². The van der Waals surface area contributed by atoms with Crippen molar-refractivity contribution in [1.29, 1.82) is 0 Å². The monoisotopic (exact) mass is 450 g/mol. The lowest BCUT2D eigenvalue weighted by atomic mass is 10.2. The van der Waals surface area contributed by atoms with Crippen molar-refractivity contribution in [3.05, 3.63) is 89.4 Å². The molecular formula is C25H23ClN2O4. The summed E-state index contributed by atoms with van der Waals surface area (Å²) in [5.41, 5.74) is 2.81. The lowest BCUT2D eigenvalue weighted by Crippen LogP contribution is -2.27. The van der Waals surface area contributed by atoms with E-state index in [-0.39, 0.29) is 18.7 Å². The number of hydrogen-bond acceptors (Lipinski definition) is 4. The van der Waals surface area contributed by atoms with E-state index in [4.69, 9.17) is 16.3 Å². The molecule has 0 spiro atoms. The first-order valence-electron chi connectivity index (χ1n) is 10.1. The Morgan fingerprint density at radius 2 is 1.47 bits per heavy atom. The number of nitrogens with zero attached hydrogens (tertiary/aromatic N) is 1. The van der Waals surface area contributed by atoms with Crippen LogP contribution in [0.5, 0.6) is 0 Å². The van der Waals surface area contributed by atoms with E-state index in [1.54, 1.807) is 23.1 Å². The predicted molar refractivity (Wildman–Crippen MR) is 125 cm³/mol. The lowest BCUT2D eigenvalue weighted by molar-refractivity contribution is -0.148. The van der Waals surface area contributed by atoms with Crippen LogP contribution in [0.25, 0.3) is 0 Å². The molecule has 3 aromatic carbocycles. The van der Waals surface area contributed by atoms with E-state index in [0.29, 0.717) is 22.1 Å². The summed E-state index contributed by atoms with van der Waals surface area (Å²) < 4.78 is 5.02. The van der Waals surface area contributed by atoms with Crippen molar-refractivity contribution in [2.75, 3.05) is 16.8 Å². The van der Waals surface area contributed by atoms with Crippen LogP contribution in [0, 0.1) is 6.92 Å². The molecule has 0 aliphatic carbocycles. The fourth-order valence-corrected chi connectivity index (χ4v) is 3.18. The zero-order chi connectivity index (χ0) is 22.9. The van der Waals surface area contributed by atoms with Gasteiger partial charge in [-0.15, -0.1) is 0 Å². The third-order valence-electron chi connectivity index (χ3n) is 4.64. The third kappa shape index (κ3) is 6.43. The van der Waals surface area contributed by atoms with E-state index in [2.05, 4.69) is 5.32 Å². The topological polar surface area (TPSA) is 75.7 Å². The zero-order valence-electron chi connectivity index (χ0n) is 17.6. The average Bonchev–Trinajstić information content (AvgIpc) is 2.80. The van der Waals surface area contributed by atoms with Crippen LogP contribution >= 0.6 is 11.6 Å². The Balaban J connectivity index is 1.53. The minimum atomic E-state index is -0.628. The number of benzene rings is 3. The molecule has 0 aromatic heterocycles. The predicted octanol–water partition coefficient (Wildman–Crippen LogP) is 5.28. The highest BCUT2D eigenvalue weighted by molar-refractivity contribution is 6.31. The number of carbonyl (C=O) groups is 3. The van der Waals surface area contributed by atoms with Crippen LogP contribution in [0.4, 0.5) is 17.1 Å². The van der Waals surface area contributed by atoms with Crippen molar-refractivity contribution in [3.63, 3.8) is 0 Å². The first kappa shape index (κ1) is 23.0. The second kappa shape index (κ2) is 11.1. The summed E-state index contributed by atoms with van der Waals surface area (Å²) in [6.45, 7) is 1.41. The van der Waals surface area contributed by atoms with Crippen LogP contribution in [0.3, 0.4) is 0 Å². The lowest BCUT2D eigenvalue weighted by Gasteiger charge is -2.23. The Morgan fingerprint density at radius 1 is 0.875 bits per heavy atom. The van der Waals surface area contributed by atoms with Crippen molar-refractivity contribution in [3.8, 4) is 0 Å². The van der Waals surface area contributed by atoms with Gasteiger partial charge >= 0.3 is 5.97 Å². The van der Waals surface area contributed by atoms with E-state index in [1.165, 1.54) is 0 Å². The highest BCUT2D eigenvalue weighted by Gasteiger charge is 2.19. The molecule has 1 N–H and O–H groups in total. The molecule has 0 atom stereocenters. The molecule has 2 amide bonds. The number of amides is 2. The molecule has 6 nitrogen and oxygen atoms in total. The molecule has 7 heteroatoms. The molecule has 0 radical (unpaired) electrons. The molecule has 0 unspecified atom stereocenters. The second-order valence-electron chi connectivity index (χ2n) is 7.07. The molecule has 0 aliphatic heterocycles. The molecule has 0 aliphatic rings. The van der Waals surface area contributed by atoms with Gasteiger partial charge in [0, 0.05) is 28.5 Å². The number of rotatable bonds is 8. The second-order valence-corrected chi connectivity index (χ2v) is 7.48. The molecule has 164 valence electrons. The average molecular weight is 451 g/mol. The molecule has 3 rings (SSSR count). The third-order valence-corrected chi connectivity index (χ3v) is 5.05. The maximum absolute atomic E-state index is 12.9. The summed E-state index contributed by atoms with van der Waals surface area (Å²) in [6.07, 6.45) is -0.198. The maximum Gasteiger partial charge on any atom is 0.306 e. The molecule has 0 saturated carbocycles. The highest BCUT2D eigenvalue weighted by atomic mass is 35.5. The number of halogens is 1. The van der Waals surface area contributed by atoms with Gasteiger partial charge in [-0.25, -0.2) is 0 Å². The quantitative estimate of drug-likeness (QED) is 0.474. The number of ether oxygens (including phenoxy) is 1. The normalized spacial score (nSPS) is 10.3. The Morgan fingerprint density at radius 3 is 2.03 bits per heavy atom. The standard InChI is InChI=1S/C25H23ClN2O4/c1-18-12-13-19(16-22(18)26)27-23(29)17-32-25(31)15-14-24(30)28(20-8-4-2-5-9-20)21-10-6-3-7-11-21/h2-13,16H,14-15,17H2,1H3,(H,27,29). The van der Waals surface area contributed by atoms with Crippen molar-refractivity contribution in [2.45, 2.75) is 19.8 Å². The first-order valence-corrected chi connectivity index (χ1v) is 10.5. The zero-order valence-corrected chi connectivity index (χ0v) is 18.3. The Kier molecular flexibility index (Phi) is 8.00. The van der Waals surface area contributed by atoms with E-state index in [9.17, 15) is 14.4 Å². The number of nitrogens with one attached hydrogen (secondary N) is 1. The summed E-state index contributed by atoms with van der Waals surface area (Å²) in [6, 6.07) is 23.5. The van der Waals surface area contributed by atoms with Crippen molar-refractivity contribution in [2.24, 2.45) is 0 Å². The fraction of sp³-hybridized carbons (Fsp3) is 0.160. The van der Waals surface area contributed by atoms with E-state index in [1.807, 2.05) is 67.6 Å².